The van der Waals surface area contributed by atoms with Gasteiger partial charge < -0.3 is 20.5 Å². The molecule has 0 aliphatic rings. The van der Waals surface area contributed by atoms with E-state index in [0.717, 1.165) is 5.56 Å². The number of carbonyl (C=O) groups is 1. The maximum atomic E-state index is 13.6. The molecule has 0 aromatic heterocycles. The van der Waals surface area contributed by atoms with Gasteiger partial charge >= 0.3 is 6.03 Å². The molecular weight excluding hydrogens is 311 g/mol. The Bertz CT molecular complexity index is 706. The summed E-state index contributed by atoms with van der Waals surface area (Å²) < 4.78 is 19.1. The molecule has 2 aromatic carbocycles. The van der Waals surface area contributed by atoms with Gasteiger partial charge in [-0.15, -0.1) is 0 Å². The van der Waals surface area contributed by atoms with Crippen LogP contribution >= 0.6 is 0 Å². The number of ether oxygens (including phenoxy) is 1. The largest absolute Gasteiger partial charge is 0.492 e. The predicted octanol–water partition coefficient (Wildman–Crippen LogP) is 3.39. The lowest BCUT2D eigenvalue weighted by Gasteiger charge is -2.15. The summed E-state index contributed by atoms with van der Waals surface area (Å²) in [4.78, 5) is 12.0. The first kappa shape index (κ1) is 17.7. The van der Waals surface area contributed by atoms with Gasteiger partial charge in [0, 0.05) is 12.1 Å². The lowest BCUT2D eigenvalue weighted by atomic mass is 10.1. The third-order valence-electron chi connectivity index (χ3n) is 3.41. The van der Waals surface area contributed by atoms with Crippen molar-refractivity contribution in [2.75, 3.05) is 18.5 Å². The number of aliphatic hydroxyl groups is 1. The van der Waals surface area contributed by atoms with Crippen LogP contribution in [0.15, 0.2) is 42.5 Å². The Kier molecular flexibility index (Phi) is 6.14. The lowest BCUT2D eigenvalue weighted by Crippen LogP contribution is -2.32. The Labute approximate surface area is 140 Å². The Balaban J connectivity index is 1.95. The minimum atomic E-state index is -1.12. The second-order valence-corrected chi connectivity index (χ2v) is 5.30. The third-order valence-corrected chi connectivity index (χ3v) is 3.41. The zero-order valence-electron chi connectivity index (χ0n) is 13.7. The summed E-state index contributed by atoms with van der Waals surface area (Å²) in [7, 11) is 0. The number of benzene rings is 2. The van der Waals surface area contributed by atoms with Gasteiger partial charge in [-0.3, -0.25) is 0 Å². The van der Waals surface area contributed by atoms with Gasteiger partial charge in [0.1, 0.15) is 11.6 Å². The quantitative estimate of drug-likeness (QED) is 0.759. The van der Waals surface area contributed by atoms with Crippen molar-refractivity contribution in [3.8, 4) is 5.75 Å². The number of amides is 2. The molecule has 0 bridgehead atoms. The summed E-state index contributed by atoms with van der Waals surface area (Å²) >= 11 is 0. The fraction of sp³-hybridized carbons (Fsp3) is 0.278. The van der Waals surface area contributed by atoms with Crippen LogP contribution in [0.25, 0.3) is 0 Å². The molecule has 0 aliphatic carbocycles. The van der Waals surface area contributed by atoms with E-state index in [-0.39, 0.29) is 12.1 Å². The fourth-order valence-electron chi connectivity index (χ4n) is 2.22. The standard InChI is InChI=1S/C18H21FN2O3/c1-3-24-17-10-12(2)8-9-15(17)21-18(23)20-11-16(22)13-6-4-5-7-14(13)19/h4-10,16,22H,3,11H2,1-2H3,(H2,20,21,23). The maximum Gasteiger partial charge on any atom is 0.319 e. The minimum Gasteiger partial charge on any atom is -0.492 e. The highest BCUT2D eigenvalue weighted by Crippen LogP contribution is 2.25. The van der Waals surface area contributed by atoms with Crippen LogP contribution in [0.2, 0.25) is 0 Å². The molecule has 0 spiro atoms. The van der Waals surface area contributed by atoms with E-state index in [0.29, 0.717) is 18.0 Å². The predicted molar refractivity (Wildman–Crippen MR) is 90.7 cm³/mol. The number of halogens is 1. The molecule has 2 rings (SSSR count). The number of rotatable bonds is 6. The first-order valence-electron chi connectivity index (χ1n) is 7.72. The molecule has 5 nitrogen and oxygen atoms in total. The van der Waals surface area contributed by atoms with Crippen molar-refractivity contribution in [2.45, 2.75) is 20.0 Å². The molecule has 0 saturated heterocycles. The average molecular weight is 332 g/mol. The second kappa shape index (κ2) is 8.31. The molecule has 0 fully saturated rings. The van der Waals surface area contributed by atoms with Crippen molar-refractivity contribution in [3.63, 3.8) is 0 Å². The van der Waals surface area contributed by atoms with Gasteiger partial charge in [0.2, 0.25) is 0 Å². The highest BCUT2D eigenvalue weighted by atomic mass is 19.1. The molecule has 0 saturated carbocycles. The molecule has 3 N–H and O–H groups in total. The van der Waals surface area contributed by atoms with E-state index < -0.39 is 18.0 Å². The molecule has 0 heterocycles. The van der Waals surface area contributed by atoms with E-state index in [2.05, 4.69) is 10.6 Å². The summed E-state index contributed by atoms with van der Waals surface area (Å²) in [5.74, 6) is 0.0617. The smallest absolute Gasteiger partial charge is 0.319 e. The zero-order chi connectivity index (χ0) is 17.5. The van der Waals surface area contributed by atoms with Gasteiger partial charge in [0.25, 0.3) is 0 Å². The molecule has 1 atom stereocenters. The molecule has 2 amide bonds. The minimum absolute atomic E-state index is 0.109. The van der Waals surface area contributed by atoms with Crippen LogP contribution in [-0.2, 0) is 0 Å². The summed E-state index contributed by atoms with van der Waals surface area (Å²) in [6, 6.07) is 10.8. The number of aryl methyl sites for hydroxylation is 1. The lowest BCUT2D eigenvalue weighted by molar-refractivity contribution is 0.170. The van der Waals surface area contributed by atoms with E-state index in [4.69, 9.17) is 4.74 Å². The molecule has 6 heteroatoms. The highest BCUT2D eigenvalue weighted by Gasteiger charge is 2.14. The summed E-state index contributed by atoms with van der Waals surface area (Å²) in [5.41, 5.74) is 1.68. The van der Waals surface area contributed by atoms with E-state index in [1.165, 1.54) is 12.1 Å². The Morgan fingerprint density at radius 2 is 2.04 bits per heavy atom. The van der Waals surface area contributed by atoms with Crippen LogP contribution < -0.4 is 15.4 Å². The second-order valence-electron chi connectivity index (χ2n) is 5.30. The van der Waals surface area contributed by atoms with Gasteiger partial charge in [-0.25, -0.2) is 9.18 Å². The topological polar surface area (TPSA) is 70.6 Å². The average Bonchev–Trinajstić information content (AvgIpc) is 2.56. The van der Waals surface area contributed by atoms with Crippen molar-refractivity contribution in [1.29, 1.82) is 0 Å². The van der Waals surface area contributed by atoms with Gasteiger partial charge in [-0.2, -0.15) is 0 Å². The van der Waals surface area contributed by atoms with Crippen molar-refractivity contribution >= 4 is 11.7 Å². The normalized spacial score (nSPS) is 11.7. The Morgan fingerprint density at radius 3 is 2.75 bits per heavy atom. The Hall–Kier alpha value is -2.60. The summed E-state index contributed by atoms with van der Waals surface area (Å²) in [6.45, 7) is 4.16. The summed E-state index contributed by atoms with van der Waals surface area (Å²) in [6.07, 6.45) is -1.12. The number of carbonyl (C=O) groups excluding carboxylic acids is 1. The summed E-state index contributed by atoms with van der Waals surface area (Å²) in [5, 5.41) is 15.2. The number of urea groups is 1. The van der Waals surface area contributed by atoms with Crippen LogP contribution in [0.3, 0.4) is 0 Å². The zero-order valence-corrected chi connectivity index (χ0v) is 13.7. The third kappa shape index (κ3) is 4.70. The van der Waals surface area contributed by atoms with Crippen molar-refractivity contribution in [1.82, 2.24) is 5.32 Å². The molecule has 0 radical (unpaired) electrons. The van der Waals surface area contributed by atoms with Gasteiger partial charge in [0.05, 0.1) is 18.4 Å². The molecule has 128 valence electrons. The number of nitrogens with one attached hydrogen (secondary N) is 2. The van der Waals surface area contributed by atoms with Crippen LogP contribution in [0.4, 0.5) is 14.9 Å². The van der Waals surface area contributed by atoms with Crippen molar-refractivity contribution in [2.24, 2.45) is 0 Å². The molecule has 1 unspecified atom stereocenters. The Morgan fingerprint density at radius 1 is 1.29 bits per heavy atom. The van der Waals surface area contributed by atoms with Crippen molar-refractivity contribution < 1.29 is 19.0 Å². The van der Waals surface area contributed by atoms with Gasteiger partial charge in [-0.05, 0) is 37.6 Å². The number of anilines is 1. The van der Waals surface area contributed by atoms with Crippen LogP contribution in [0.1, 0.15) is 24.2 Å². The van der Waals surface area contributed by atoms with Crippen molar-refractivity contribution in [3.05, 3.63) is 59.4 Å². The van der Waals surface area contributed by atoms with Crippen LogP contribution in [-0.4, -0.2) is 24.3 Å². The van der Waals surface area contributed by atoms with E-state index in [9.17, 15) is 14.3 Å². The molecular formula is C18H21FN2O3. The van der Waals surface area contributed by atoms with E-state index in [1.54, 1.807) is 18.2 Å². The number of aliphatic hydroxyl groups excluding tert-OH is 1. The monoisotopic (exact) mass is 332 g/mol. The van der Waals surface area contributed by atoms with Gasteiger partial charge in [-0.1, -0.05) is 24.3 Å². The SMILES string of the molecule is CCOc1cc(C)ccc1NC(=O)NCC(O)c1ccccc1F. The number of hydrogen-bond acceptors (Lipinski definition) is 3. The first-order valence-corrected chi connectivity index (χ1v) is 7.72. The highest BCUT2D eigenvalue weighted by molar-refractivity contribution is 5.91. The first-order chi connectivity index (χ1) is 11.5. The molecule has 0 aliphatic heterocycles. The van der Waals surface area contributed by atoms with E-state index >= 15 is 0 Å². The molecule has 24 heavy (non-hydrogen) atoms. The van der Waals surface area contributed by atoms with Crippen LogP contribution in [0.5, 0.6) is 5.75 Å². The van der Waals surface area contributed by atoms with E-state index in [1.807, 2.05) is 26.0 Å². The van der Waals surface area contributed by atoms with Gasteiger partial charge in [0.15, 0.2) is 0 Å². The maximum absolute atomic E-state index is 13.6. The molecule has 2 aromatic rings. The fourth-order valence-corrected chi connectivity index (χ4v) is 2.22. The van der Waals surface area contributed by atoms with Crippen LogP contribution in [0, 0.1) is 12.7 Å². The number of hydrogen-bond donors (Lipinski definition) is 3.